The Morgan fingerprint density at radius 3 is 0.347 bits per heavy atom. The van der Waals surface area contributed by atoms with Gasteiger partial charge in [0.2, 0.25) is 0 Å². The Bertz CT molecular complexity index is 1780. The minimum atomic E-state index is -0.178. The Kier molecular flexibility index (Phi) is 76.8. The minimum absolute atomic E-state index is 0. The van der Waals surface area contributed by atoms with Crippen LogP contribution >= 0.6 is 0 Å². The first kappa shape index (κ1) is 81.5. The summed E-state index contributed by atoms with van der Waals surface area (Å²) in [6.07, 6.45) is 26.9. The van der Waals surface area contributed by atoms with Crippen LogP contribution in [0.2, 0.25) is 0 Å². The van der Waals surface area contributed by atoms with E-state index >= 15 is 0 Å². The first-order valence-corrected chi connectivity index (χ1v) is 19.0. The second-order valence-corrected chi connectivity index (χ2v) is 10.8. The molecular formula is C50H46Co4N10O8. The largest absolute Gasteiger partial charge is 3.00 e. The predicted molar refractivity (Wildman–Crippen MR) is 243 cm³/mol. The van der Waals surface area contributed by atoms with Gasteiger partial charge in [0.05, 0.1) is 0 Å². The van der Waals surface area contributed by atoms with Gasteiger partial charge in [-0.15, -0.1) is 0 Å². The zero-order valence-electron chi connectivity index (χ0n) is 37.6. The number of nitrogens with zero attached hydrogens (tertiary/aromatic N) is 10. The molecule has 380 valence electrons. The van der Waals surface area contributed by atoms with Gasteiger partial charge in [-0.2, -0.15) is 0 Å². The Balaban J connectivity index is -0.000000104. The minimum Gasteiger partial charge on any atom is -2.00 e. The molecule has 22 heteroatoms. The molecule has 0 aliphatic carbocycles. The fourth-order valence-corrected chi connectivity index (χ4v) is 3.26. The van der Waals surface area contributed by atoms with E-state index in [-0.39, 0.29) is 113 Å². The number of hydrogen-bond acceptors (Lipinski definition) is 14. The van der Waals surface area contributed by atoms with Crippen molar-refractivity contribution in [2.45, 2.75) is 0 Å². The maximum Gasteiger partial charge on any atom is 3.00 e. The van der Waals surface area contributed by atoms with Gasteiger partial charge in [0.1, 0.15) is 0 Å². The summed E-state index contributed by atoms with van der Waals surface area (Å²) in [4.78, 5) is 36.4. The van der Waals surface area contributed by atoms with Gasteiger partial charge in [0.15, 0.2) is 0 Å². The van der Waals surface area contributed by atoms with Crippen molar-refractivity contribution < 1.29 is 109 Å². The van der Waals surface area contributed by atoms with Crippen molar-refractivity contribution in [2.24, 2.45) is 0 Å². The summed E-state index contributed by atoms with van der Waals surface area (Å²) in [7, 11) is 0. The van der Waals surface area contributed by atoms with Crippen LogP contribution in [0.1, 0.15) is 0 Å². The summed E-state index contributed by atoms with van der Waals surface area (Å²) >= 11 is 0. The van der Waals surface area contributed by atoms with E-state index < -0.39 is 0 Å². The van der Waals surface area contributed by atoms with Crippen LogP contribution in [0.25, 0.3) is 0 Å². The second kappa shape index (κ2) is 67.8. The molecule has 0 saturated carbocycles. The molecule has 0 fully saturated rings. The Morgan fingerprint density at radius 1 is 0.181 bits per heavy atom. The fourth-order valence-electron chi connectivity index (χ4n) is 3.26. The average Bonchev–Trinajstić information content (AvgIpc) is 3.40. The molecule has 0 atom stereocenters. The summed E-state index contributed by atoms with van der Waals surface area (Å²) in [5, 5.41) is 40.6. The third-order valence-corrected chi connectivity index (χ3v) is 5.95. The van der Waals surface area contributed by atoms with E-state index in [2.05, 4.69) is 49.8 Å². The van der Waals surface area contributed by atoms with Gasteiger partial charge >= 0.3 is 67.1 Å². The van der Waals surface area contributed by atoms with Gasteiger partial charge in [0.25, 0.3) is 0 Å². The smallest absolute Gasteiger partial charge is 2.00 e. The molecule has 0 radical (unpaired) electrons. The van der Waals surface area contributed by atoms with Gasteiger partial charge in [-0.1, -0.05) is 84.9 Å². The van der Waals surface area contributed by atoms with E-state index in [9.17, 15) is 20.4 Å². The van der Waals surface area contributed by atoms with E-state index in [0.29, 0.717) is 0 Å². The molecule has 0 spiro atoms. The van der Waals surface area contributed by atoms with Crippen molar-refractivity contribution in [2.75, 3.05) is 0 Å². The van der Waals surface area contributed by atoms with Gasteiger partial charge < -0.3 is 42.3 Å². The van der Waals surface area contributed by atoms with Crippen LogP contribution < -0.4 is 20.4 Å². The van der Waals surface area contributed by atoms with Crippen LogP contribution in [0.4, 0.5) is 0 Å². The molecule has 10 rings (SSSR count). The van der Waals surface area contributed by atoms with Crippen LogP contribution in [0.15, 0.2) is 281 Å². The van der Waals surface area contributed by atoms with Crippen molar-refractivity contribution in [3.63, 3.8) is 0 Å². The zero-order valence-corrected chi connectivity index (χ0v) is 41.8. The van der Waals surface area contributed by atoms with Crippen molar-refractivity contribution in [3.8, 4) is 23.5 Å². The third kappa shape index (κ3) is 64.6. The SMILES string of the molecule is [Co+3].[Co+3].[Co+3].[Co+3].[O-2].[O-2].[O-2].[O-2].[O-]c1ccccn1.[O-]c1ccccn1.[O-]c1ccccn1.[O-]c1ccccn1.c1ccncc1.c1ccncc1.c1ccncc1.c1ccncc1.c1ccncc1.c1ccncc1. The van der Waals surface area contributed by atoms with Crippen molar-refractivity contribution in [3.05, 3.63) is 281 Å². The van der Waals surface area contributed by atoms with Crippen molar-refractivity contribution in [1.29, 1.82) is 0 Å². The Labute approximate surface area is 461 Å². The summed E-state index contributed by atoms with van der Waals surface area (Å²) in [6, 6.07) is 53.4. The summed E-state index contributed by atoms with van der Waals surface area (Å²) in [5.74, 6) is -0.713. The molecule has 72 heavy (non-hydrogen) atoms. The first-order chi connectivity index (χ1) is 31.6. The van der Waals surface area contributed by atoms with E-state index in [1.54, 1.807) is 123 Å². The molecule has 0 amide bonds. The molecule has 0 aromatic carbocycles. The quantitative estimate of drug-likeness (QED) is 0.154. The number of pyridine rings is 10. The Hall–Kier alpha value is -7.43. The molecule has 0 saturated heterocycles. The van der Waals surface area contributed by atoms with Gasteiger partial charge in [0, 0.05) is 99.1 Å². The van der Waals surface area contributed by atoms with Gasteiger partial charge in [-0.05, 0) is 121 Å². The van der Waals surface area contributed by atoms with Crippen molar-refractivity contribution >= 4 is 0 Å². The normalized spacial score (nSPS) is 7.33. The molecule has 0 aliphatic heterocycles. The molecule has 10 aromatic heterocycles. The molecular weight excluding hydrogens is 1100 g/mol. The van der Waals surface area contributed by atoms with Crippen LogP contribution in [0.3, 0.4) is 0 Å². The maximum absolute atomic E-state index is 10.2. The standard InChI is InChI=1S/4C5H5NO.6C5H5N.4Co.4O/c4*7-5-3-1-2-4-6-5;6*1-2-4-6-5-3-1;;;;;;;;/h4*1-4H,(H,6,7);6*1-5H;;;;;;;;/q;;;;;;;;;;4*+3;4*-2/p-4. The molecule has 10 heterocycles. The van der Waals surface area contributed by atoms with Crippen LogP contribution in [0.5, 0.6) is 23.5 Å². The van der Waals surface area contributed by atoms with Crippen LogP contribution in [-0.2, 0) is 89.0 Å². The molecule has 0 bridgehead atoms. The predicted octanol–water partition coefficient (Wildman–Crippen LogP) is 6.63. The average molecular weight is 1150 g/mol. The summed E-state index contributed by atoms with van der Waals surface area (Å²) in [5.41, 5.74) is 0. The molecule has 0 aliphatic rings. The van der Waals surface area contributed by atoms with Gasteiger partial charge in [-0.3, -0.25) is 49.8 Å². The number of hydrogen-bond donors (Lipinski definition) is 0. The van der Waals surface area contributed by atoms with Crippen molar-refractivity contribution in [1.82, 2.24) is 49.8 Å². The number of aromatic nitrogens is 10. The Morgan fingerprint density at radius 2 is 0.306 bits per heavy atom. The number of rotatable bonds is 0. The summed E-state index contributed by atoms with van der Waals surface area (Å²) < 4.78 is 0. The fraction of sp³-hybridized carbons (Fsp3) is 0. The molecule has 0 unspecified atom stereocenters. The van der Waals surface area contributed by atoms with E-state index in [1.165, 1.54) is 49.1 Å². The topological polar surface area (TPSA) is 335 Å². The molecule has 0 N–H and O–H groups in total. The monoisotopic (exact) mass is 1150 g/mol. The molecule has 10 aromatic rings. The first-order valence-electron chi connectivity index (χ1n) is 19.0. The summed E-state index contributed by atoms with van der Waals surface area (Å²) in [6.45, 7) is 0. The van der Waals surface area contributed by atoms with Crippen LogP contribution in [0, 0.1) is 0 Å². The second-order valence-electron chi connectivity index (χ2n) is 10.8. The van der Waals surface area contributed by atoms with E-state index in [0.717, 1.165) is 0 Å². The zero-order chi connectivity index (χ0) is 45.9. The van der Waals surface area contributed by atoms with Gasteiger partial charge in [-0.25, -0.2) is 0 Å². The maximum atomic E-state index is 10.2. The van der Waals surface area contributed by atoms with E-state index in [1.807, 2.05) is 109 Å². The van der Waals surface area contributed by atoms with E-state index in [4.69, 9.17) is 0 Å². The van der Waals surface area contributed by atoms with Crippen LogP contribution in [-0.4, -0.2) is 49.8 Å². The molecule has 18 nitrogen and oxygen atoms in total. The third-order valence-electron chi connectivity index (χ3n) is 5.95.